The van der Waals surface area contributed by atoms with Gasteiger partial charge in [0.2, 0.25) is 5.91 Å². The Bertz CT molecular complexity index is 1010. The number of hydrogen-bond donors (Lipinski definition) is 0. The highest BCUT2D eigenvalue weighted by molar-refractivity contribution is 6.02. The Labute approximate surface area is 194 Å². The van der Waals surface area contributed by atoms with E-state index < -0.39 is 11.5 Å². The van der Waals surface area contributed by atoms with Gasteiger partial charge in [0, 0.05) is 37.7 Å². The molecular weight excluding hydrogens is 422 g/mol. The third-order valence-electron chi connectivity index (χ3n) is 6.26. The van der Waals surface area contributed by atoms with E-state index in [9.17, 15) is 14.4 Å². The highest BCUT2D eigenvalue weighted by Gasteiger charge is 2.49. The molecule has 0 spiro atoms. The lowest BCUT2D eigenvalue weighted by Crippen LogP contribution is -2.62. The fraction of sp³-hybridized carbons (Fsp3) is 0.542. The number of benzene rings is 1. The zero-order valence-electron chi connectivity index (χ0n) is 19.9. The monoisotopic (exact) mass is 455 g/mol. The van der Waals surface area contributed by atoms with Gasteiger partial charge in [-0.1, -0.05) is 39.0 Å². The predicted molar refractivity (Wildman–Crippen MR) is 125 cm³/mol. The second-order valence-corrected chi connectivity index (χ2v) is 8.61. The van der Waals surface area contributed by atoms with Crippen LogP contribution in [0.3, 0.4) is 0 Å². The molecule has 33 heavy (non-hydrogen) atoms. The Morgan fingerprint density at radius 1 is 1.15 bits per heavy atom. The Morgan fingerprint density at radius 2 is 1.82 bits per heavy atom. The molecule has 178 valence electrons. The van der Waals surface area contributed by atoms with Crippen molar-refractivity contribution >= 4 is 17.6 Å². The van der Waals surface area contributed by atoms with E-state index >= 15 is 0 Å². The number of rotatable bonds is 8. The molecule has 0 bridgehead atoms. The van der Waals surface area contributed by atoms with Gasteiger partial charge in [-0.2, -0.15) is 5.10 Å². The molecule has 1 aromatic heterocycles. The van der Waals surface area contributed by atoms with Gasteiger partial charge in [0.05, 0.1) is 13.7 Å². The third kappa shape index (κ3) is 5.13. The van der Waals surface area contributed by atoms with Gasteiger partial charge >= 0.3 is 5.97 Å². The molecule has 1 aliphatic rings. The van der Waals surface area contributed by atoms with Crippen LogP contribution < -0.4 is 10.5 Å². The van der Waals surface area contributed by atoms with Crippen LogP contribution in [0.2, 0.25) is 0 Å². The van der Waals surface area contributed by atoms with Crippen LogP contribution in [-0.2, 0) is 20.9 Å². The molecule has 1 fully saturated rings. The quantitative estimate of drug-likeness (QED) is 0.563. The maximum atomic E-state index is 13.1. The number of ether oxygens (including phenoxy) is 1. The van der Waals surface area contributed by atoms with Crippen LogP contribution in [0.4, 0.5) is 5.69 Å². The Balaban J connectivity index is 1.78. The maximum Gasteiger partial charge on any atom is 0.332 e. The van der Waals surface area contributed by atoms with E-state index in [2.05, 4.69) is 15.0 Å². The minimum absolute atomic E-state index is 0.0301. The van der Waals surface area contributed by atoms with Gasteiger partial charge in [-0.05, 0) is 25.0 Å². The van der Waals surface area contributed by atoms with Crippen molar-refractivity contribution in [3.63, 3.8) is 0 Å². The van der Waals surface area contributed by atoms with Crippen LogP contribution >= 0.6 is 0 Å². The fourth-order valence-electron chi connectivity index (χ4n) is 4.40. The van der Waals surface area contributed by atoms with Crippen molar-refractivity contribution in [3.8, 4) is 0 Å². The van der Waals surface area contributed by atoms with Crippen molar-refractivity contribution in [2.45, 2.75) is 58.0 Å². The molecular formula is C24H33N5O4. The van der Waals surface area contributed by atoms with Gasteiger partial charge < -0.3 is 9.64 Å². The molecule has 3 rings (SSSR count). The van der Waals surface area contributed by atoms with Crippen LogP contribution in [0.5, 0.6) is 0 Å². The maximum absolute atomic E-state index is 13.1. The molecule has 1 amide bonds. The number of hydrogen-bond acceptors (Lipinski definition) is 7. The smallest absolute Gasteiger partial charge is 0.332 e. The summed E-state index contributed by atoms with van der Waals surface area (Å²) >= 11 is 0. The van der Waals surface area contributed by atoms with Crippen LogP contribution in [0.15, 0.2) is 41.5 Å². The van der Waals surface area contributed by atoms with Gasteiger partial charge in [-0.3, -0.25) is 14.5 Å². The molecule has 0 N–H and O–H groups in total. The first-order valence-corrected chi connectivity index (χ1v) is 11.4. The average molecular weight is 456 g/mol. The van der Waals surface area contributed by atoms with Gasteiger partial charge in [-0.25, -0.2) is 14.5 Å². The van der Waals surface area contributed by atoms with Crippen molar-refractivity contribution < 1.29 is 14.3 Å². The molecule has 0 atom stereocenters. The van der Waals surface area contributed by atoms with E-state index in [4.69, 9.17) is 4.74 Å². The number of likely N-dealkylation sites (tertiary alicyclic amines) is 1. The molecule has 1 saturated heterocycles. The molecule has 1 aliphatic heterocycles. The van der Waals surface area contributed by atoms with Gasteiger partial charge in [0.25, 0.3) is 5.56 Å². The van der Waals surface area contributed by atoms with Crippen molar-refractivity contribution in [2.75, 3.05) is 31.6 Å². The molecule has 2 aromatic rings. The first-order chi connectivity index (χ1) is 15.8. The van der Waals surface area contributed by atoms with E-state index in [0.29, 0.717) is 50.4 Å². The number of carbonyl (C=O) groups is 2. The van der Waals surface area contributed by atoms with E-state index in [1.54, 1.807) is 11.8 Å². The van der Waals surface area contributed by atoms with Crippen LogP contribution in [-0.4, -0.2) is 63.8 Å². The second-order valence-electron chi connectivity index (χ2n) is 8.61. The standard InChI is InChI=1S/C24H33N5O4/c1-5-20(30)29(19-9-7-6-8-10-19)24(23(32)33-4)11-13-27(14-12-24)15-16-28-22(31)21(18(2)3)25-17-26-28/h6-10,17-18H,5,11-16H2,1-4H3. The highest BCUT2D eigenvalue weighted by Crippen LogP contribution is 2.35. The number of aromatic nitrogens is 3. The lowest BCUT2D eigenvalue weighted by atomic mass is 9.84. The van der Waals surface area contributed by atoms with E-state index in [-0.39, 0.29) is 23.8 Å². The predicted octanol–water partition coefficient (Wildman–Crippen LogP) is 2.21. The van der Waals surface area contributed by atoms with E-state index in [1.165, 1.54) is 18.1 Å². The Hall–Kier alpha value is -3.07. The van der Waals surface area contributed by atoms with Crippen LogP contribution in [0.1, 0.15) is 51.6 Å². The van der Waals surface area contributed by atoms with Gasteiger partial charge in [0.1, 0.15) is 17.6 Å². The first kappa shape index (κ1) is 24.6. The van der Waals surface area contributed by atoms with Crippen molar-refractivity contribution in [3.05, 3.63) is 52.7 Å². The first-order valence-electron chi connectivity index (χ1n) is 11.4. The lowest BCUT2D eigenvalue weighted by molar-refractivity contribution is -0.151. The minimum atomic E-state index is -1.06. The second kappa shape index (κ2) is 10.7. The molecule has 0 aliphatic carbocycles. The number of nitrogens with zero attached hydrogens (tertiary/aromatic N) is 5. The van der Waals surface area contributed by atoms with E-state index in [0.717, 1.165) is 0 Å². The van der Waals surface area contributed by atoms with Crippen LogP contribution in [0, 0.1) is 0 Å². The SMILES string of the molecule is CCC(=O)N(c1ccccc1)C1(C(=O)OC)CCN(CCn2ncnc(C(C)C)c2=O)CC1. The number of amides is 1. The summed E-state index contributed by atoms with van der Waals surface area (Å²) in [6.45, 7) is 7.88. The number of carbonyl (C=O) groups excluding carboxylic acids is 2. The average Bonchev–Trinajstić information content (AvgIpc) is 2.84. The molecule has 9 nitrogen and oxygen atoms in total. The van der Waals surface area contributed by atoms with Crippen LogP contribution in [0.25, 0.3) is 0 Å². The zero-order chi connectivity index (χ0) is 24.0. The minimum Gasteiger partial charge on any atom is -0.467 e. The summed E-state index contributed by atoms with van der Waals surface area (Å²) in [7, 11) is 1.36. The number of anilines is 1. The zero-order valence-corrected chi connectivity index (χ0v) is 19.9. The number of para-hydroxylation sites is 1. The summed E-state index contributed by atoms with van der Waals surface area (Å²) in [5.41, 5.74) is -0.0323. The summed E-state index contributed by atoms with van der Waals surface area (Å²) in [5.74, 6) is -0.488. The Morgan fingerprint density at radius 3 is 2.39 bits per heavy atom. The van der Waals surface area contributed by atoms with Crippen molar-refractivity contribution in [1.29, 1.82) is 0 Å². The molecule has 0 radical (unpaired) electrons. The summed E-state index contributed by atoms with van der Waals surface area (Å²) < 4.78 is 6.64. The van der Waals surface area contributed by atoms with E-state index in [1.807, 2.05) is 44.2 Å². The lowest BCUT2D eigenvalue weighted by Gasteiger charge is -2.46. The molecule has 0 unspecified atom stereocenters. The topological polar surface area (TPSA) is 97.6 Å². The fourth-order valence-corrected chi connectivity index (χ4v) is 4.40. The largest absolute Gasteiger partial charge is 0.467 e. The molecule has 2 heterocycles. The summed E-state index contributed by atoms with van der Waals surface area (Å²) in [5, 5.41) is 4.12. The summed E-state index contributed by atoms with van der Waals surface area (Å²) in [4.78, 5) is 46.6. The van der Waals surface area contributed by atoms with Crippen molar-refractivity contribution in [1.82, 2.24) is 19.7 Å². The molecule has 1 aromatic carbocycles. The normalized spacial score (nSPS) is 15.9. The van der Waals surface area contributed by atoms with Gasteiger partial charge in [-0.15, -0.1) is 0 Å². The number of methoxy groups -OCH3 is 1. The molecule has 0 saturated carbocycles. The highest BCUT2D eigenvalue weighted by atomic mass is 16.5. The summed E-state index contributed by atoms with van der Waals surface area (Å²) in [6.07, 6.45) is 2.59. The molecule has 9 heteroatoms. The number of piperidine rings is 1. The number of esters is 1. The van der Waals surface area contributed by atoms with Gasteiger partial charge in [0.15, 0.2) is 0 Å². The van der Waals surface area contributed by atoms with Crippen molar-refractivity contribution in [2.24, 2.45) is 0 Å². The third-order valence-corrected chi connectivity index (χ3v) is 6.26. The Kier molecular flexibility index (Phi) is 7.97. The summed E-state index contributed by atoms with van der Waals surface area (Å²) in [6, 6.07) is 9.29.